The second-order valence-electron chi connectivity index (χ2n) is 5.75. The molecule has 112 valence electrons. The van der Waals surface area contributed by atoms with E-state index in [0.717, 1.165) is 25.7 Å². The number of hydrogen-bond acceptors (Lipinski definition) is 6. The Labute approximate surface area is 119 Å². The molecule has 2 heterocycles. The molecule has 1 aromatic rings. The Balaban J connectivity index is 1.82. The average Bonchev–Trinajstić information content (AvgIpc) is 3.16. The minimum Gasteiger partial charge on any atom is -0.379 e. The molecule has 1 saturated heterocycles. The summed E-state index contributed by atoms with van der Waals surface area (Å²) >= 11 is 0. The van der Waals surface area contributed by atoms with Gasteiger partial charge in [-0.15, -0.1) is 0 Å². The summed E-state index contributed by atoms with van der Waals surface area (Å²) in [5, 5.41) is 7.44. The van der Waals surface area contributed by atoms with Crippen LogP contribution >= 0.6 is 0 Å². The predicted molar refractivity (Wildman–Crippen MR) is 72.5 cm³/mol. The van der Waals surface area contributed by atoms with E-state index in [0.29, 0.717) is 24.9 Å². The van der Waals surface area contributed by atoms with Crippen LogP contribution < -0.4 is 5.32 Å². The fourth-order valence-electron chi connectivity index (χ4n) is 3.29. The van der Waals surface area contributed by atoms with Gasteiger partial charge in [0.05, 0.1) is 19.1 Å². The van der Waals surface area contributed by atoms with E-state index in [1.54, 1.807) is 7.11 Å². The second kappa shape index (κ2) is 5.79. The van der Waals surface area contributed by atoms with Crippen LogP contribution in [-0.2, 0) is 15.1 Å². The number of hydrogen-bond donors (Lipinski definition) is 1. The molecule has 1 N–H and O–H groups in total. The third kappa shape index (κ3) is 2.36. The Hall–Kier alpha value is -0.980. The summed E-state index contributed by atoms with van der Waals surface area (Å²) in [6.07, 6.45) is 5.51. The maximum absolute atomic E-state index is 5.76. The highest BCUT2D eigenvalue weighted by atomic mass is 16.5. The van der Waals surface area contributed by atoms with Gasteiger partial charge in [-0.25, -0.2) is 0 Å². The molecular formula is C14H23N3O3. The number of methoxy groups -OCH3 is 1. The van der Waals surface area contributed by atoms with Crippen LogP contribution in [0.2, 0.25) is 0 Å². The monoisotopic (exact) mass is 281 g/mol. The number of ether oxygens (including phenoxy) is 2. The lowest BCUT2D eigenvalue weighted by atomic mass is 9.84. The van der Waals surface area contributed by atoms with Crippen LogP contribution in [0.15, 0.2) is 4.52 Å². The van der Waals surface area contributed by atoms with Gasteiger partial charge in [-0.1, -0.05) is 24.4 Å². The van der Waals surface area contributed by atoms with E-state index < -0.39 is 0 Å². The number of likely N-dealkylation sites (N-methyl/N-ethyl adjacent to an activating group) is 1. The van der Waals surface area contributed by atoms with Gasteiger partial charge in [0.1, 0.15) is 5.60 Å². The summed E-state index contributed by atoms with van der Waals surface area (Å²) in [7, 11) is 3.68. The highest BCUT2D eigenvalue weighted by Crippen LogP contribution is 2.39. The summed E-state index contributed by atoms with van der Waals surface area (Å²) < 4.78 is 16.8. The number of rotatable bonds is 4. The summed E-state index contributed by atoms with van der Waals surface area (Å²) in [4.78, 5) is 4.63. The molecule has 0 bridgehead atoms. The van der Waals surface area contributed by atoms with Gasteiger partial charge in [0.25, 0.3) is 0 Å². The highest BCUT2D eigenvalue weighted by Gasteiger charge is 2.40. The zero-order valence-corrected chi connectivity index (χ0v) is 12.2. The van der Waals surface area contributed by atoms with Gasteiger partial charge in [-0.3, -0.25) is 0 Å². The molecule has 2 unspecified atom stereocenters. The van der Waals surface area contributed by atoms with Crippen LogP contribution in [0.5, 0.6) is 0 Å². The topological polar surface area (TPSA) is 69.4 Å². The molecule has 0 radical (unpaired) electrons. The fraction of sp³-hybridized carbons (Fsp3) is 0.857. The van der Waals surface area contributed by atoms with E-state index in [1.807, 2.05) is 7.05 Å². The van der Waals surface area contributed by atoms with Crippen molar-refractivity contribution in [3.63, 3.8) is 0 Å². The molecule has 2 fully saturated rings. The largest absolute Gasteiger partial charge is 0.379 e. The van der Waals surface area contributed by atoms with E-state index in [4.69, 9.17) is 14.0 Å². The fourth-order valence-corrected chi connectivity index (χ4v) is 3.29. The molecule has 6 nitrogen and oxygen atoms in total. The Morgan fingerprint density at radius 2 is 2.05 bits per heavy atom. The van der Waals surface area contributed by atoms with Crippen molar-refractivity contribution in [2.45, 2.75) is 49.7 Å². The van der Waals surface area contributed by atoms with Crippen molar-refractivity contribution in [2.75, 3.05) is 27.4 Å². The Morgan fingerprint density at radius 1 is 1.25 bits per heavy atom. The second-order valence-corrected chi connectivity index (χ2v) is 5.75. The minimum absolute atomic E-state index is 0.138. The number of nitrogens with one attached hydrogen (secondary N) is 1. The molecule has 2 aliphatic rings. The molecule has 0 amide bonds. The van der Waals surface area contributed by atoms with Crippen LogP contribution in [0.1, 0.15) is 49.7 Å². The first-order valence-electron chi connectivity index (χ1n) is 7.43. The normalized spacial score (nSPS) is 29.7. The zero-order valence-electron chi connectivity index (χ0n) is 12.2. The summed E-state index contributed by atoms with van der Waals surface area (Å²) in [5.74, 6) is 1.51. The van der Waals surface area contributed by atoms with E-state index in [2.05, 4.69) is 15.5 Å². The molecule has 1 saturated carbocycles. The van der Waals surface area contributed by atoms with Gasteiger partial charge >= 0.3 is 0 Å². The lowest BCUT2D eigenvalue weighted by Crippen LogP contribution is -2.33. The summed E-state index contributed by atoms with van der Waals surface area (Å²) in [6.45, 7) is 1.32. The first kappa shape index (κ1) is 14.0. The first-order valence-corrected chi connectivity index (χ1v) is 7.43. The maximum atomic E-state index is 5.76. The number of nitrogens with zero attached hydrogens (tertiary/aromatic N) is 2. The minimum atomic E-state index is -0.353. The van der Waals surface area contributed by atoms with Crippen molar-refractivity contribution >= 4 is 0 Å². The zero-order chi connectivity index (χ0) is 14.0. The van der Waals surface area contributed by atoms with Crippen molar-refractivity contribution < 1.29 is 14.0 Å². The van der Waals surface area contributed by atoms with Gasteiger partial charge in [0.15, 0.2) is 0 Å². The van der Waals surface area contributed by atoms with Crippen LogP contribution in [0, 0.1) is 0 Å². The van der Waals surface area contributed by atoms with Crippen molar-refractivity contribution in [1.82, 2.24) is 15.5 Å². The summed E-state index contributed by atoms with van der Waals surface area (Å²) in [5.41, 5.74) is -0.353. The quantitative estimate of drug-likeness (QED) is 0.903. The Kier molecular flexibility index (Phi) is 4.05. The molecule has 6 heteroatoms. The van der Waals surface area contributed by atoms with Gasteiger partial charge < -0.3 is 19.3 Å². The molecule has 2 atom stereocenters. The average molecular weight is 281 g/mol. The Morgan fingerprint density at radius 3 is 2.75 bits per heavy atom. The van der Waals surface area contributed by atoms with Crippen molar-refractivity contribution in [3.05, 3.63) is 11.7 Å². The predicted octanol–water partition coefficient (Wildman–Crippen LogP) is 1.58. The first-order chi connectivity index (χ1) is 9.79. The van der Waals surface area contributed by atoms with Crippen LogP contribution in [0.25, 0.3) is 0 Å². The van der Waals surface area contributed by atoms with E-state index in [9.17, 15) is 0 Å². The van der Waals surface area contributed by atoms with Crippen LogP contribution in [-0.4, -0.2) is 43.6 Å². The lowest BCUT2D eigenvalue weighted by Gasteiger charge is -2.32. The van der Waals surface area contributed by atoms with Gasteiger partial charge in [-0.2, -0.15) is 4.98 Å². The third-order valence-electron chi connectivity index (χ3n) is 4.67. The molecule has 0 aromatic carbocycles. The van der Waals surface area contributed by atoms with Gasteiger partial charge in [0.2, 0.25) is 11.7 Å². The van der Waals surface area contributed by atoms with Crippen molar-refractivity contribution in [1.29, 1.82) is 0 Å². The molecule has 0 spiro atoms. The van der Waals surface area contributed by atoms with E-state index in [-0.39, 0.29) is 17.6 Å². The van der Waals surface area contributed by atoms with E-state index >= 15 is 0 Å². The molecule has 3 rings (SSSR count). The lowest BCUT2D eigenvalue weighted by molar-refractivity contribution is -0.0527. The van der Waals surface area contributed by atoms with E-state index in [1.165, 1.54) is 6.42 Å². The standard InChI is InChI=1S/C14H23N3O3/c1-15-11-9-19-8-10(11)12-16-13(17-20-12)14(18-2)6-4-3-5-7-14/h10-11,15H,3-9H2,1-2H3. The maximum Gasteiger partial charge on any atom is 0.233 e. The van der Waals surface area contributed by atoms with Crippen LogP contribution in [0.3, 0.4) is 0 Å². The van der Waals surface area contributed by atoms with Crippen LogP contribution in [0.4, 0.5) is 0 Å². The highest BCUT2D eigenvalue weighted by molar-refractivity contribution is 5.08. The molecule has 1 aromatic heterocycles. The van der Waals surface area contributed by atoms with Gasteiger partial charge in [0, 0.05) is 13.2 Å². The molecule has 1 aliphatic heterocycles. The molecule has 1 aliphatic carbocycles. The number of aromatic nitrogens is 2. The summed E-state index contributed by atoms with van der Waals surface area (Å²) in [6, 6.07) is 0.244. The smallest absolute Gasteiger partial charge is 0.233 e. The molecular weight excluding hydrogens is 258 g/mol. The Bertz CT molecular complexity index is 443. The van der Waals surface area contributed by atoms with Gasteiger partial charge in [-0.05, 0) is 19.9 Å². The SMILES string of the molecule is CNC1COCC1c1nc(C2(OC)CCCCC2)no1. The van der Waals surface area contributed by atoms with Crippen molar-refractivity contribution in [2.24, 2.45) is 0 Å². The third-order valence-corrected chi connectivity index (χ3v) is 4.67. The molecule has 20 heavy (non-hydrogen) atoms. The van der Waals surface area contributed by atoms with Crippen molar-refractivity contribution in [3.8, 4) is 0 Å².